The molecule has 0 aliphatic heterocycles. The van der Waals surface area contributed by atoms with Gasteiger partial charge in [0.05, 0.1) is 0 Å². The van der Waals surface area contributed by atoms with Gasteiger partial charge in [-0.3, -0.25) is 0 Å². The number of hydrogen-bond donors (Lipinski definition) is 0. The van der Waals surface area contributed by atoms with Crippen LogP contribution in [0.5, 0.6) is 0 Å². The van der Waals surface area contributed by atoms with E-state index >= 15 is 0 Å². The van der Waals surface area contributed by atoms with Gasteiger partial charge < -0.3 is 16.5 Å². The van der Waals surface area contributed by atoms with Gasteiger partial charge in [0.15, 0.2) is 27.1 Å². The van der Waals surface area contributed by atoms with Gasteiger partial charge in [-0.25, -0.2) is 0 Å². The molecule has 109 valence electrons. The van der Waals surface area contributed by atoms with Crippen LogP contribution in [-0.4, -0.2) is 44.5 Å². The Morgan fingerprint density at radius 2 is 1.28 bits per heavy atom. The van der Waals surface area contributed by atoms with E-state index < -0.39 is 44.5 Å². The van der Waals surface area contributed by atoms with Gasteiger partial charge in [0.25, 0.3) is 0 Å². The smallest absolute Gasteiger partial charge is 0.439 e. The van der Waals surface area contributed by atoms with Crippen molar-refractivity contribution in [3.63, 3.8) is 0 Å². The molecule has 18 heavy (non-hydrogen) atoms. The lowest BCUT2D eigenvalue weighted by Gasteiger charge is -2.37. The molecule has 0 aromatic heterocycles. The van der Waals surface area contributed by atoms with Crippen LogP contribution in [0.1, 0.15) is 0 Å². The molecule has 0 saturated heterocycles. The molecular formula is C9H29O4Si5. The summed E-state index contributed by atoms with van der Waals surface area (Å²) in [6.07, 6.45) is 0. The van der Waals surface area contributed by atoms with Gasteiger partial charge in [-0.15, -0.1) is 0 Å². The molecule has 9 heteroatoms. The van der Waals surface area contributed by atoms with E-state index in [9.17, 15) is 0 Å². The molecule has 0 aromatic rings. The summed E-state index contributed by atoms with van der Waals surface area (Å²) in [5.74, 6) is 0. The van der Waals surface area contributed by atoms with Gasteiger partial charge in [-0.05, 0) is 52.4 Å². The topological polar surface area (TPSA) is 36.9 Å². The minimum atomic E-state index is -2.51. The largest absolute Gasteiger partial charge is 0.467 e. The molecule has 0 saturated carbocycles. The maximum atomic E-state index is 6.26. The third kappa shape index (κ3) is 8.93. The normalized spacial score (nSPS) is 14.0. The first-order valence-electron chi connectivity index (χ1n) is 6.51. The fourth-order valence-electron chi connectivity index (χ4n) is 1.91. The van der Waals surface area contributed by atoms with Crippen LogP contribution in [0.4, 0.5) is 0 Å². The van der Waals surface area contributed by atoms with Crippen LogP contribution < -0.4 is 0 Å². The fraction of sp³-hybridized carbons (Fsp3) is 1.00. The van der Waals surface area contributed by atoms with Gasteiger partial charge in [0.1, 0.15) is 0 Å². The lowest BCUT2D eigenvalue weighted by molar-refractivity contribution is 0.246. The summed E-state index contributed by atoms with van der Waals surface area (Å²) in [6.45, 7) is 19.1. The second kappa shape index (κ2) is 7.64. The van der Waals surface area contributed by atoms with Crippen molar-refractivity contribution >= 4 is 44.5 Å². The Hall–Kier alpha value is 0.924. The standard InChI is InChI=1S/C9H29O4Si5/c1-14(2)10-17(7,8)13-18(9,11-15(3)4)12-16(5)6/h14-15H,1-9H3. The van der Waals surface area contributed by atoms with Crippen molar-refractivity contribution in [2.75, 3.05) is 0 Å². The summed E-state index contributed by atoms with van der Waals surface area (Å²) in [7, 11) is -7.72. The molecule has 0 spiro atoms. The Bertz CT molecular complexity index is 237. The van der Waals surface area contributed by atoms with Crippen molar-refractivity contribution in [3.05, 3.63) is 0 Å². The van der Waals surface area contributed by atoms with Gasteiger partial charge in [0, 0.05) is 6.55 Å². The zero-order valence-electron chi connectivity index (χ0n) is 13.3. The summed E-state index contributed by atoms with van der Waals surface area (Å²) >= 11 is 0. The van der Waals surface area contributed by atoms with Crippen LogP contribution >= 0.6 is 0 Å². The van der Waals surface area contributed by atoms with Crippen molar-refractivity contribution < 1.29 is 16.5 Å². The highest BCUT2D eigenvalue weighted by atomic mass is 28.5. The van der Waals surface area contributed by atoms with E-state index in [1.54, 1.807) is 0 Å². The number of rotatable bonds is 8. The molecule has 0 aliphatic carbocycles. The Morgan fingerprint density at radius 1 is 0.833 bits per heavy atom. The van der Waals surface area contributed by atoms with Crippen molar-refractivity contribution in [1.29, 1.82) is 0 Å². The molecule has 0 heterocycles. The van der Waals surface area contributed by atoms with Crippen molar-refractivity contribution in [3.8, 4) is 0 Å². The molecule has 0 fully saturated rings. The van der Waals surface area contributed by atoms with E-state index in [-0.39, 0.29) is 0 Å². The predicted molar refractivity (Wildman–Crippen MR) is 88.7 cm³/mol. The fourth-order valence-corrected chi connectivity index (χ4v) is 18.8. The number of hydrogen-bond acceptors (Lipinski definition) is 4. The maximum absolute atomic E-state index is 6.26. The van der Waals surface area contributed by atoms with Gasteiger partial charge in [-0.1, -0.05) is 0 Å². The first-order chi connectivity index (χ1) is 7.96. The summed E-state index contributed by atoms with van der Waals surface area (Å²) in [5, 5.41) is 0. The maximum Gasteiger partial charge on any atom is 0.467 e. The van der Waals surface area contributed by atoms with Crippen LogP contribution in [0.15, 0.2) is 0 Å². The van der Waals surface area contributed by atoms with Crippen LogP contribution in [0.3, 0.4) is 0 Å². The first-order valence-corrected chi connectivity index (χ1v) is 19.5. The molecule has 0 bridgehead atoms. The lowest BCUT2D eigenvalue weighted by Crippen LogP contribution is -2.56. The summed E-state index contributed by atoms with van der Waals surface area (Å²) in [4.78, 5) is 0. The van der Waals surface area contributed by atoms with E-state index in [0.717, 1.165) is 0 Å². The van der Waals surface area contributed by atoms with Crippen LogP contribution in [0, 0.1) is 0 Å². The van der Waals surface area contributed by atoms with E-state index in [0.29, 0.717) is 0 Å². The molecule has 0 N–H and O–H groups in total. The third-order valence-corrected chi connectivity index (χ3v) is 16.1. The van der Waals surface area contributed by atoms with Gasteiger partial charge in [0.2, 0.25) is 0 Å². The van der Waals surface area contributed by atoms with Gasteiger partial charge in [-0.2, -0.15) is 0 Å². The van der Waals surface area contributed by atoms with E-state index in [2.05, 4.69) is 52.4 Å². The van der Waals surface area contributed by atoms with Crippen LogP contribution in [0.25, 0.3) is 0 Å². The van der Waals surface area contributed by atoms with Crippen molar-refractivity contribution in [2.24, 2.45) is 0 Å². The average Bonchev–Trinajstić information content (AvgIpc) is 1.92. The van der Waals surface area contributed by atoms with Crippen molar-refractivity contribution in [1.82, 2.24) is 0 Å². The van der Waals surface area contributed by atoms with E-state index in [1.165, 1.54) is 0 Å². The summed E-state index contributed by atoms with van der Waals surface area (Å²) < 4.78 is 24.5. The monoisotopic (exact) mass is 341 g/mol. The van der Waals surface area contributed by atoms with E-state index in [4.69, 9.17) is 16.5 Å². The highest BCUT2D eigenvalue weighted by Gasteiger charge is 2.43. The summed E-state index contributed by atoms with van der Waals surface area (Å²) in [6, 6.07) is 0. The van der Waals surface area contributed by atoms with Gasteiger partial charge >= 0.3 is 17.4 Å². The zero-order valence-corrected chi connectivity index (χ0v) is 18.6. The first kappa shape index (κ1) is 18.9. The predicted octanol–water partition coefficient (Wildman–Crippen LogP) is 2.54. The lowest BCUT2D eigenvalue weighted by atomic mass is 11.9. The molecular weight excluding hydrogens is 313 g/mol. The summed E-state index contributed by atoms with van der Waals surface area (Å²) in [5.41, 5.74) is 0. The SMILES string of the molecule is C[Si](C)O[Si](C)(O[SiH](C)C)O[Si](C)(C)O[SiH](C)C. The minimum Gasteiger partial charge on any atom is -0.439 e. The van der Waals surface area contributed by atoms with E-state index in [1.807, 2.05) is 6.55 Å². The Morgan fingerprint density at radius 3 is 1.61 bits per heavy atom. The second-order valence-electron chi connectivity index (χ2n) is 5.71. The Balaban J connectivity index is 4.76. The Kier molecular flexibility index (Phi) is 8.03. The molecule has 0 rings (SSSR count). The van der Waals surface area contributed by atoms with Crippen LogP contribution in [0.2, 0.25) is 58.9 Å². The minimum absolute atomic E-state index is 0.824. The molecule has 1 unspecified atom stereocenters. The third-order valence-electron chi connectivity index (χ3n) is 1.79. The molecule has 1 atom stereocenters. The molecule has 1 radical (unpaired) electrons. The quantitative estimate of drug-likeness (QED) is 0.636. The highest BCUT2D eigenvalue weighted by Crippen LogP contribution is 2.20. The average molecular weight is 342 g/mol. The molecule has 0 amide bonds. The molecule has 4 nitrogen and oxygen atoms in total. The molecule has 0 aromatic carbocycles. The highest BCUT2D eigenvalue weighted by molar-refractivity contribution is 6.84. The Labute approximate surface area is 120 Å². The molecule has 0 aliphatic rings. The zero-order chi connectivity index (χ0) is 14.6. The second-order valence-corrected chi connectivity index (χ2v) is 19.8. The van der Waals surface area contributed by atoms with Crippen LogP contribution in [-0.2, 0) is 16.5 Å². The van der Waals surface area contributed by atoms with Crippen molar-refractivity contribution in [2.45, 2.75) is 58.9 Å².